The van der Waals surface area contributed by atoms with Crippen molar-refractivity contribution in [3.63, 3.8) is 0 Å². The number of aromatic nitrogens is 2. The van der Waals surface area contributed by atoms with Gasteiger partial charge in [0.05, 0.1) is 19.2 Å². The third-order valence-electron chi connectivity index (χ3n) is 4.28. The number of nitrogens with one attached hydrogen (secondary N) is 2. The Balaban J connectivity index is 1.71. The molecule has 146 valence electrons. The molecule has 3 rings (SSSR count). The average molecular weight is 380 g/mol. The summed E-state index contributed by atoms with van der Waals surface area (Å²) in [7, 11) is 1.61. The summed E-state index contributed by atoms with van der Waals surface area (Å²) in [4.78, 5) is 16.3. The molecule has 7 heteroatoms. The van der Waals surface area contributed by atoms with Crippen LogP contribution in [0.2, 0.25) is 0 Å². The second kappa shape index (κ2) is 8.56. The minimum Gasteiger partial charge on any atom is -0.496 e. The number of benzene rings is 2. The minimum atomic E-state index is -0.0792. The molecule has 1 amide bonds. The first-order chi connectivity index (χ1) is 13.5. The van der Waals surface area contributed by atoms with Gasteiger partial charge in [-0.15, -0.1) is 0 Å². The van der Waals surface area contributed by atoms with E-state index in [1.165, 1.54) is 0 Å². The highest BCUT2D eigenvalue weighted by molar-refractivity contribution is 5.92. The van der Waals surface area contributed by atoms with Crippen LogP contribution >= 0.6 is 0 Å². The van der Waals surface area contributed by atoms with Gasteiger partial charge in [-0.25, -0.2) is 0 Å². The molecule has 1 aromatic heterocycles. The molecule has 0 fully saturated rings. The van der Waals surface area contributed by atoms with E-state index in [-0.39, 0.29) is 11.8 Å². The van der Waals surface area contributed by atoms with Crippen molar-refractivity contribution in [2.45, 2.75) is 27.3 Å². The molecule has 2 N–H and O–H groups in total. The average Bonchev–Trinajstić information content (AvgIpc) is 3.17. The molecule has 7 nitrogen and oxygen atoms in total. The third kappa shape index (κ3) is 4.49. The molecule has 0 saturated carbocycles. The van der Waals surface area contributed by atoms with E-state index in [1.54, 1.807) is 7.11 Å². The van der Waals surface area contributed by atoms with Crippen molar-refractivity contribution >= 4 is 17.3 Å². The highest BCUT2D eigenvalue weighted by Crippen LogP contribution is 2.27. The lowest BCUT2D eigenvalue weighted by Gasteiger charge is -2.12. The third-order valence-corrected chi connectivity index (χ3v) is 4.28. The van der Waals surface area contributed by atoms with Crippen molar-refractivity contribution in [1.82, 2.24) is 10.1 Å². The Kier molecular flexibility index (Phi) is 5.93. The topological polar surface area (TPSA) is 89.3 Å². The fourth-order valence-corrected chi connectivity index (χ4v) is 2.61. The number of hydrogen-bond acceptors (Lipinski definition) is 6. The van der Waals surface area contributed by atoms with Crippen LogP contribution < -0.4 is 15.4 Å². The number of para-hydroxylation sites is 1. The van der Waals surface area contributed by atoms with Crippen LogP contribution in [0.15, 0.2) is 47.0 Å². The van der Waals surface area contributed by atoms with Crippen LogP contribution in [0.25, 0.3) is 11.4 Å². The fourth-order valence-electron chi connectivity index (χ4n) is 2.61. The Labute approximate surface area is 164 Å². The van der Waals surface area contributed by atoms with Gasteiger partial charge in [-0.05, 0) is 36.8 Å². The summed E-state index contributed by atoms with van der Waals surface area (Å²) >= 11 is 0. The highest BCUT2D eigenvalue weighted by Gasteiger charge is 2.13. The summed E-state index contributed by atoms with van der Waals surface area (Å²) in [5.41, 5.74) is 3.45. The number of carbonyl (C=O) groups excluding carboxylic acids is 1. The summed E-state index contributed by atoms with van der Waals surface area (Å²) in [5, 5.41) is 10.2. The normalized spacial score (nSPS) is 10.8. The standard InChI is InChI=1S/C21H24N4O3/c1-13(2)21(26)23-15-10-9-14(3)17(11-15)22-12-19-24-20(25-28-19)16-7-5-6-8-18(16)27-4/h5-11,13,22H,12H2,1-4H3,(H,23,26). The molecule has 0 aliphatic heterocycles. The number of aryl methyl sites for hydroxylation is 1. The Bertz CT molecular complexity index is 966. The molecule has 28 heavy (non-hydrogen) atoms. The molecule has 0 atom stereocenters. The predicted molar refractivity (Wildman–Crippen MR) is 108 cm³/mol. The number of methoxy groups -OCH3 is 1. The first kappa shape index (κ1) is 19.4. The number of ether oxygens (including phenoxy) is 1. The fraction of sp³-hybridized carbons (Fsp3) is 0.286. The van der Waals surface area contributed by atoms with Gasteiger partial charge < -0.3 is 19.9 Å². The maximum Gasteiger partial charge on any atom is 0.246 e. The lowest BCUT2D eigenvalue weighted by molar-refractivity contribution is -0.118. The van der Waals surface area contributed by atoms with Crippen molar-refractivity contribution in [2.75, 3.05) is 17.7 Å². The van der Waals surface area contributed by atoms with Gasteiger partial charge in [-0.1, -0.05) is 37.2 Å². The van der Waals surface area contributed by atoms with Crippen LogP contribution in [0.1, 0.15) is 25.3 Å². The molecule has 3 aromatic rings. The molecule has 0 aliphatic rings. The molecular formula is C21H24N4O3. The quantitative estimate of drug-likeness (QED) is 0.637. The van der Waals surface area contributed by atoms with Crippen molar-refractivity contribution in [3.8, 4) is 17.1 Å². The van der Waals surface area contributed by atoms with Gasteiger partial charge in [0.15, 0.2) is 0 Å². The second-order valence-corrected chi connectivity index (χ2v) is 6.74. The molecule has 0 spiro atoms. The Morgan fingerprint density at radius 1 is 1.21 bits per heavy atom. The van der Waals surface area contributed by atoms with Gasteiger partial charge >= 0.3 is 0 Å². The summed E-state index contributed by atoms with van der Waals surface area (Å²) in [6, 6.07) is 13.2. The highest BCUT2D eigenvalue weighted by atomic mass is 16.5. The van der Waals surface area contributed by atoms with Crippen LogP contribution in [0.3, 0.4) is 0 Å². The number of amides is 1. The van der Waals surface area contributed by atoms with E-state index >= 15 is 0 Å². The summed E-state index contributed by atoms with van der Waals surface area (Å²) < 4.78 is 10.7. The predicted octanol–water partition coefficient (Wildman–Crippen LogP) is 4.26. The Morgan fingerprint density at radius 2 is 2.00 bits per heavy atom. The zero-order valence-electron chi connectivity index (χ0n) is 16.4. The maximum absolute atomic E-state index is 11.9. The van der Waals surface area contributed by atoms with Crippen molar-refractivity contribution in [2.24, 2.45) is 5.92 Å². The van der Waals surface area contributed by atoms with Crippen molar-refractivity contribution in [3.05, 3.63) is 53.9 Å². The van der Waals surface area contributed by atoms with Gasteiger partial charge in [0.1, 0.15) is 5.75 Å². The Hall–Kier alpha value is -3.35. The van der Waals surface area contributed by atoms with Crippen LogP contribution in [0.4, 0.5) is 11.4 Å². The zero-order valence-corrected chi connectivity index (χ0v) is 16.4. The number of anilines is 2. The SMILES string of the molecule is COc1ccccc1-c1noc(CNc2cc(NC(=O)C(C)C)ccc2C)n1. The number of rotatable bonds is 7. The van der Waals surface area contributed by atoms with E-state index < -0.39 is 0 Å². The summed E-state index contributed by atoms with van der Waals surface area (Å²) in [5.74, 6) is 1.52. The van der Waals surface area contributed by atoms with E-state index in [9.17, 15) is 4.79 Å². The van der Waals surface area contributed by atoms with E-state index in [4.69, 9.17) is 9.26 Å². The van der Waals surface area contributed by atoms with Gasteiger partial charge in [-0.3, -0.25) is 4.79 Å². The van der Waals surface area contributed by atoms with Gasteiger partial charge in [0.25, 0.3) is 0 Å². The molecule has 0 aliphatic carbocycles. The van der Waals surface area contributed by atoms with Crippen molar-refractivity contribution < 1.29 is 14.1 Å². The minimum absolute atomic E-state index is 0.0202. The lowest BCUT2D eigenvalue weighted by Crippen LogP contribution is -2.17. The lowest BCUT2D eigenvalue weighted by atomic mass is 10.1. The van der Waals surface area contributed by atoms with Crippen LogP contribution in [-0.2, 0) is 11.3 Å². The molecule has 0 bridgehead atoms. The largest absolute Gasteiger partial charge is 0.496 e. The number of carbonyl (C=O) groups is 1. The summed E-state index contributed by atoms with van der Waals surface area (Å²) in [6.07, 6.45) is 0. The van der Waals surface area contributed by atoms with Crippen LogP contribution in [-0.4, -0.2) is 23.2 Å². The molecule has 1 heterocycles. The van der Waals surface area contributed by atoms with E-state index in [1.807, 2.05) is 63.2 Å². The maximum atomic E-state index is 11.9. The molecule has 0 radical (unpaired) electrons. The van der Waals surface area contributed by atoms with Crippen LogP contribution in [0, 0.1) is 12.8 Å². The van der Waals surface area contributed by atoms with Crippen molar-refractivity contribution in [1.29, 1.82) is 0 Å². The van der Waals surface area contributed by atoms with E-state index in [2.05, 4.69) is 20.8 Å². The number of hydrogen-bond donors (Lipinski definition) is 2. The van der Waals surface area contributed by atoms with Gasteiger partial charge in [0.2, 0.25) is 17.6 Å². The second-order valence-electron chi connectivity index (χ2n) is 6.74. The Morgan fingerprint density at radius 3 is 2.75 bits per heavy atom. The molecule has 0 unspecified atom stereocenters. The first-order valence-corrected chi connectivity index (χ1v) is 9.09. The zero-order chi connectivity index (χ0) is 20.1. The van der Waals surface area contributed by atoms with Gasteiger partial charge in [0, 0.05) is 17.3 Å². The smallest absolute Gasteiger partial charge is 0.246 e. The molecular weight excluding hydrogens is 356 g/mol. The van der Waals surface area contributed by atoms with Gasteiger partial charge in [-0.2, -0.15) is 4.98 Å². The van der Waals surface area contributed by atoms with E-state index in [0.717, 1.165) is 22.5 Å². The first-order valence-electron chi connectivity index (χ1n) is 9.09. The number of nitrogens with zero attached hydrogens (tertiary/aromatic N) is 2. The molecule has 0 saturated heterocycles. The monoisotopic (exact) mass is 380 g/mol. The summed E-state index contributed by atoms with van der Waals surface area (Å²) in [6.45, 7) is 6.07. The van der Waals surface area contributed by atoms with E-state index in [0.29, 0.717) is 24.0 Å². The molecule has 2 aromatic carbocycles. The van der Waals surface area contributed by atoms with Crippen LogP contribution in [0.5, 0.6) is 5.75 Å².